The molecule has 7 nitrogen and oxygen atoms in total. The van der Waals surface area contributed by atoms with E-state index in [4.69, 9.17) is 13.9 Å². The zero-order chi connectivity index (χ0) is 19.9. The fourth-order valence-corrected chi connectivity index (χ4v) is 2.49. The first-order valence-electron chi connectivity index (χ1n) is 9.76. The highest BCUT2D eigenvalue weighted by Gasteiger charge is 1.99. The van der Waals surface area contributed by atoms with Crippen LogP contribution < -0.4 is 16.0 Å². The normalized spacial score (nSPS) is 11.4. The lowest BCUT2D eigenvalue weighted by molar-refractivity contribution is 0.105. The second kappa shape index (κ2) is 13.6. The Morgan fingerprint density at radius 1 is 1.07 bits per heavy atom. The lowest BCUT2D eigenvalue weighted by atomic mass is 10.2. The molecule has 1 aromatic heterocycles. The zero-order valence-electron chi connectivity index (χ0n) is 16.9. The molecule has 0 saturated carbocycles. The SMILES string of the molecule is CCNC(=NCc1ccc(NCCOC)cc1)NCCCOCc1ccco1. The van der Waals surface area contributed by atoms with Gasteiger partial charge in [-0.05, 0) is 43.2 Å². The molecule has 28 heavy (non-hydrogen) atoms. The Morgan fingerprint density at radius 2 is 1.93 bits per heavy atom. The summed E-state index contributed by atoms with van der Waals surface area (Å²) < 4.78 is 15.9. The van der Waals surface area contributed by atoms with Gasteiger partial charge >= 0.3 is 0 Å². The molecule has 3 N–H and O–H groups in total. The number of hydrogen-bond donors (Lipinski definition) is 3. The van der Waals surface area contributed by atoms with Gasteiger partial charge in [-0.25, -0.2) is 4.99 Å². The number of nitrogens with one attached hydrogen (secondary N) is 3. The number of ether oxygens (including phenoxy) is 2. The summed E-state index contributed by atoms with van der Waals surface area (Å²) in [4.78, 5) is 4.65. The van der Waals surface area contributed by atoms with Crippen LogP contribution in [0, 0.1) is 0 Å². The van der Waals surface area contributed by atoms with E-state index in [0.29, 0.717) is 26.4 Å². The van der Waals surface area contributed by atoms with Crippen LogP contribution in [0.2, 0.25) is 0 Å². The van der Waals surface area contributed by atoms with Gasteiger partial charge in [0.2, 0.25) is 0 Å². The van der Waals surface area contributed by atoms with E-state index < -0.39 is 0 Å². The van der Waals surface area contributed by atoms with E-state index >= 15 is 0 Å². The third-order valence-corrected chi connectivity index (χ3v) is 3.94. The Kier molecular flexibility index (Phi) is 10.6. The van der Waals surface area contributed by atoms with E-state index in [1.165, 1.54) is 0 Å². The van der Waals surface area contributed by atoms with Crippen LogP contribution in [-0.4, -0.2) is 45.9 Å². The molecule has 0 amide bonds. The van der Waals surface area contributed by atoms with Crippen molar-refractivity contribution in [1.29, 1.82) is 0 Å². The predicted molar refractivity (Wildman–Crippen MR) is 113 cm³/mol. The molecule has 0 aliphatic carbocycles. The average Bonchev–Trinajstić information content (AvgIpc) is 3.23. The number of nitrogens with zero attached hydrogens (tertiary/aromatic N) is 1. The summed E-state index contributed by atoms with van der Waals surface area (Å²) in [6.07, 6.45) is 2.55. The Labute approximate surface area is 167 Å². The second-order valence-corrected chi connectivity index (χ2v) is 6.22. The molecule has 0 saturated heterocycles. The quantitative estimate of drug-likeness (QED) is 0.278. The van der Waals surface area contributed by atoms with E-state index in [2.05, 4.69) is 52.1 Å². The molecule has 0 unspecified atom stereocenters. The highest BCUT2D eigenvalue weighted by atomic mass is 16.5. The maximum Gasteiger partial charge on any atom is 0.191 e. The van der Waals surface area contributed by atoms with Crippen LogP contribution in [0.4, 0.5) is 5.69 Å². The van der Waals surface area contributed by atoms with E-state index in [1.807, 2.05) is 12.1 Å². The highest BCUT2D eigenvalue weighted by molar-refractivity contribution is 5.79. The molecule has 2 rings (SSSR count). The number of anilines is 1. The summed E-state index contributed by atoms with van der Waals surface area (Å²) in [5, 5.41) is 9.92. The van der Waals surface area contributed by atoms with Crippen molar-refractivity contribution in [2.75, 3.05) is 45.3 Å². The van der Waals surface area contributed by atoms with Crippen molar-refractivity contribution in [3.63, 3.8) is 0 Å². The minimum absolute atomic E-state index is 0.511. The van der Waals surface area contributed by atoms with Crippen molar-refractivity contribution in [1.82, 2.24) is 10.6 Å². The van der Waals surface area contributed by atoms with Gasteiger partial charge in [0.1, 0.15) is 12.4 Å². The molecular formula is C21H32N4O3. The smallest absolute Gasteiger partial charge is 0.191 e. The molecule has 2 aromatic rings. The van der Waals surface area contributed by atoms with Crippen LogP contribution in [0.5, 0.6) is 0 Å². The molecule has 0 atom stereocenters. The predicted octanol–water partition coefficient (Wildman–Crippen LogP) is 3.00. The van der Waals surface area contributed by atoms with Gasteiger partial charge in [-0.1, -0.05) is 12.1 Å². The Bertz CT molecular complexity index is 657. The van der Waals surface area contributed by atoms with Crippen molar-refractivity contribution < 1.29 is 13.9 Å². The molecule has 1 aromatic carbocycles. The van der Waals surface area contributed by atoms with Gasteiger partial charge in [0.05, 0.1) is 19.4 Å². The maximum atomic E-state index is 5.59. The van der Waals surface area contributed by atoms with Crippen LogP contribution in [-0.2, 0) is 22.6 Å². The van der Waals surface area contributed by atoms with Crippen molar-refractivity contribution in [3.8, 4) is 0 Å². The lowest BCUT2D eigenvalue weighted by Crippen LogP contribution is -2.38. The molecule has 7 heteroatoms. The van der Waals surface area contributed by atoms with Gasteiger partial charge in [-0.15, -0.1) is 0 Å². The molecular weight excluding hydrogens is 356 g/mol. The van der Waals surface area contributed by atoms with Crippen molar-refractivity contribution in [2.45, 2.75) is 26.5 Å². The Hall–Kier alpha value is -2.51. The van der Waals surface area contributed by atoms with Crippen LogP contribution in [0.1, 0.15) is 24.7 Å². The fourth-order valence-electron chi connectivity index (χ4n) is 2.49. The minimum atomic E-state index is 0.511. The molecule has 0 aliphatic rings. The van der Waals surface area contributed by atoms with Gasteiger partial charge in [0.15, 0.2) is 5.96 Å². The van der Waals surface area contributed by atoms with Crippen LogP contribution in [0.25, 0.3) is 0 Å². The van der Waals surface area contributed by atoms with Crippen molar-refractivity contribution in [3.05, 3.63) is 54.0 Å². The first kappa shape index (κ1) is 21.8. The summed E-state index contributed by atoms with van der Waals surface area (Å²) in [5.41, 5.74) is 2.25. The van der Waals surface area contributed by atoms with Gasteiger partial charge in [-0.2, -0.15) is 0 Å². The average molecular weight is 389 g/mol. The van der Waals surface area contributed by atoms with Crippen LogP contribution in [0.3, 0.4) is 0 Å². The molecule has 0 spiro atoms. The topological polar surface area (TPSA) is 80.1 Å². The van der Waals surface area contributed by atoms with Crippen LogP contribution >= 0.6 is 0 Å². The number of methoxy groups -OCH3 is 1. The molecule has 0 fully saturated rings. The standard InChI is InChI=1S/C21H32N4O3/c1-3-22-21(24-11-5-13-27-17-20-6-4-14-28-20)25-16-18-7-9-19(10-8-18)23-12-15-26-2/h4,6-10,14,23H,3,5,11-13,15-17H2,1-2H3,(H2,22,24,25). The molecule has 0 bridgehead atoms. The number of furan rings is 1. The third kappa shape index (κ3) is 8.92. The minimum Gasteiger partial charge on any atom is -0.467 e. The van der Waals surface area contributed by atoms with E-state index in [-0.39, 0.29) is 0 Å². The van der Waals surface area contributed by atoms with Gasteiger partial charge < -0.3 is 29.8 Å². The number of guanidine groups is 1. The largest absolute Gasteiger partial charge is 0.467 e. The van der Waals surface area contributed by atoms with Gasteiger partial charge in [0.25, 0.3) is 0 Å². The molecule has 0 radical (unpaired) electrons. The highest BCUT2D eigenvalue weighted by Crippen LogP contribution is 2.10. The molecule has 1 heterocycles. The van der Waals surface area contributed by atoms with Gasteiger partial charge in [0, 0.05) is 39.0 Å². The first-order chi connectivity index (χ1) is 13.8. The number of rotatable bonds is 13. The summed E-state index contributed by atoms with van der Waals surface area (Å²) in [7, 11) is 1.70. The number of aliphatic imine (C=N–C) groups is 1. The summed E-state index contributed by atoms with van der Waals surface area (Å²) in [6.45, 7) is 6.98. The van der Waals surface area contributed by atoms with E-state index in [1.54, 1.807) is 13.4 Å². The van der Waals surface area contributed by atoms with E-state index in [0.717, 1.165) is 49.0 Å². The summed E-state index contributed by atoms with van der Waals surface area (Å²) in [5.74, 6) is 1.67. The second-order valence-electron chi connectivity index (χ2n) is 6.22. The zero-order valence-corrected chi connectivity index (χ0v) is 16.9. The Morgan fingerprint density at radius 3 is 2.64 bits per heavy atom. The van der Waals surface area contributed by atoms with Gasteiger partial charge in [-0.3, -0.25) is 0 Å². The summed E-state index contributed by atoms with van der Waals surface area (Å²) in [6, 6.07) is 12.1. The van der Waals surface area contributed by atoms with Crippen LogP contribution in [0.15, 0.2) is 52.1 Å². The van der Waals surface area contributed by atoms with Crippen molar-refractivity contribution >= 4 is 11.6 Å². The molecule has 154 valence electrons. The number of benzene rings is 1. The molecule has 0 aliphatic heterocycles. The Balaban J connectivity index is 1.67. The fraction of sp³-hybridized carbons (Fsp3) is 0.476. The number of hydrogen-bond acceptors (Lipinski definition) is 5. The third-order valence-electron chi connectivity index (χ3n) is 3.94. The van der Waals surface area contributed by atoms with Crippen molar-refractivity contribution in [2.24, 2.45) is 4.99 Å². The lowest BCUT2D eigenvalue weighted by Gasteiger charge is -2.11. The van der Waals surface area contributed by atoms with E-state index in [9.17, 15) is 0 Å². The first-order valence-corrected chi connectivity index (χ1v) is 9.76. The monoisotopic (exact) mass is 388 g/mol. The maximum absolute atomic E-state index is 5.59. The summed E-state index contributed by atoms with van der Waals surface area (Å²) >= 11 is 0.